The summed E-state index contributed by atoms with van der Waals surface area (Å²) < 4.78 is 30.5. The maximum atomic E-state index is 12.3. The smallest absolute Gasteiger partial charge is 0.332 e. The number of sulfonamides is 1. The Bertz CT molecular complexity index is 742. The second-order valence-corrected chi connectivity index (χ2v) is 8.04. The average molecular weight is 341 g/mol. The lowest BCUT2D eigenvalue weighted by molar-refractivity contribution is -0.149. The quantitative estimate of drug-likeness (QED) is 0.756. The van der Waals surface area contributed by atoms with E-state index in [-0.39, 0.29) is 10.6 Å². The molecule has 1 aromatic heterocycles. The number of amides is 1. The van der Waals surface area contributed by atoms with Crippen LogP contribution in [0.25, 0.3) is 0 Å². The number of carbonyl (C=O) groups is 2. The van der Waals surface area contributed by atoms with Crippen LogP contribution in [0, 0.1) is 0 Å². The summed E-state index contributed by atoms with van der Waals surface area (Å²) in [5, 5.41) is 2.44. The van der Waals surface area contributed by atoms with Gasteiger partial charge >= 0.3 is 5.97 Å². The fourth-order valence-corrected chi connectivity index (χ4v) is 3.17. The normalized spacial score (nSPS) is 23.4. The Kier molecular flexibility index (Phi) is 4.20. The lowest BCUT2D eigenvalue weighted by Gasteiger charge is -2.22. The van der Waals surface area contributed by atoms with Crippen molar-refractivity contribution in [2.24, 2.45) is 0 Å². The van der Waals surface area contributed by atoms with E-state index in [1.807, 2.05) is 0 Å². The zero-order valence-corrected chi connectivity index (χ0v) is 14.2. The summed E-state index contributed by atoms with van der Waals surface area (Å²) in [5.41, 5.74) is -1.63. The van der Waals surface area contributed by atoms with Gasteiger partial charge in [-0.3, -0.25) is 4.79 Å². The summed E-state index contributed by atoms with van der Waals surface area (Å²) in [6.07, 6.45) is 1.48. The molecule has 1 aromatic rings. The van der Waals surface area contributed by atoms with Gasteiger partial charge in [0.15, 0.2) is 5.03 Å². The Morgan fingerprint density at radius 3 is 2.39 bits per heavy atom. The van der Waals surface area contributed by atoms with E-state index >= 15 is 0 Å². The molecular formula is C14H19N3O5S. The first kappa shape index (κ1) is 17.4. The van der Waals surface area contributed by atoms with E-state index < -0.39 is 33.0 Å². The second-order valence-electron chi connectivity index (χ2n) is 6.20. The lowest BCUT2D eigenvalue weighted by atomic mass is 9.91. The molecule has 0 radical (unpaired) electrons. The Hall–Kier alpha value is -2.00. The summed E-state index contributed by atoms with van der Waals surface area (Å²) >= 11 is 0. The minimum Gasteiger partial charge on any atom is -0.458 e. The number of esters is 1. The van der Waals surface area contributed by atoms with Crippen LogP contribution in [0.4, 0.5) is 0 Å². The maximum absolute atomic E-state index is 12.3. The fraction of sp³-hybridized carbons (Fsp3) is 0.500. The van der Waals surface area contributed by atoms with Gasteiger partial charge in [-0.25, -0.2) is 22.9 Å². The van der Waals surface area contributed by atoms with Crippen molar-refractivity contribution in [3.63, 3.8) is 0 Å². The first-order chi connectivity index (χ1) is 10.5. The highest BCUT2D eigenvalue weighted by Gasteiger charge is 2.50. The molecule has 2 N–H and O–H groups in total. The number of rotatable bonds is 4. The molecule has 1 saturated heterocycles. The summed E-state index contributed by atoms with van der Waals surface area (Å²) in [4.78, 5) is 28.0. The molecule has 9 heteroatoms. The first-order valence-electron chi connectivity index (χ1n) is 6.95. The van der Waals surface area contributed by atoms with Gasteiger partial charge in [0.05, 0.1) is 5.56 Å². The average Bonchev–Trinajstić information content (AvgIpc) is 2.66. The van der Waals surface area contributed by atoms with Gasteiger partial charge in [0.25, 0.3) is 15.9 Å². The van der Waals surface area contributed by atoms with Gasteiger partial charge in [-0.05, 0) is 40.0 Å². The molecule has 0 aromatic carbocycles. The molecule has 0 spiro atoms. The summed E-state index contributed by atoms with van der Waals surface area (Å²) in [6, 6.07) is 2.56. The SMILES string of the molecule is CNS(=O)(=O)c1ccc(C(=O)NC2(C)CC(C)(C)OC2=O)cn1. The molecule has 1 aliphatic heterocycles. The molecule has 0 saturated carbocycles. The van der Waals surface area contributed by atoms with Crippen LogP contribution in [0.15, 0.2) is 23.4 Å². The molecule has 2 rings (SSSR count). The van der Waals surface area contributed by atoms with Gasteiger partial charge in [-0.2, -0.15) is 0 Å². The van der Waals surface area contributed by atoms with E-state index in [0.717, 1.165) is 6.20 Å². The van der Waals surface area contributed by atoms with E-state index in [2.05, 4.69) is 15.0 Å². The number of nitrogens with one attached hydrogen (secondary N) is 2. The lowest BCUT2D eigenvalue weighted by Crippen LogP contribution is -2.49. The third kappa shape index (κ3) is 3.50. The molecule has 1 unspecified atom stereocenters. The van der Waals surface area contributed by atoms with Crippen molar-refractivity contribution in [3.05, 3.63) is 23.9 Å². The van der Waals surface area contributed by atoms with Crippen LogP contribution in [0.5, 0.6) is 0 Å². The molecule has 1 atom stereocenters. The zero-order chi connectivity index (χ0) is 17.5. The summed E-state index contributed by atoms with van der Waals surface area (Å²) in [6.45, 7) is 5.12. The first-order valence-corrected chi connectivity index (χ1v) is 8.43. The highest BCUT2D eigenvalue weighted by atomic mass is 32.2. The van der Waals surface area contributed by atoms with Crippen LogP contribution in [0.1, 0.15) is 37.6 Å². The number of carbonyl (C=O) groups excluding carboxylic acids is 2. The monoisotopic (exact) mass is 341 g/mol. The van der Waals surface area contributed by atoms with E-state index in [1.54, 1.807) is 20.8 Å². The highest BCUT2D eigenvalue weighted by molar-refractivity contribution is 7.89. The van der Waals surface area contributed by atoms with Crippen molar-refractivity contribution < 1.29 is 22.7 Å². The Morgan fingerprint density at radius 2 is 1.96 bits per heavy atom. The van der Waals surface area contributed by atoms with Crippen LogP contribution < -0.4 is 10.0 Å². The highest BCUT2D eigenvalue weighted by Crippen LogP contribution is 2.33. The Labute approximate surface area is 134 Å². The van der Waals surface area contributed by atoms with Gasteiger partial charge in [0, 0.05) is 12.6 Å². The van der Waals surface area contributed by atoms with Gasteiger partial charge < -0.3 is 10.1 Å². The standard InChI is InChI=1S/C14H19N3O5S/c1-13(2)8-14(3,12(19)22-13)17-11(18)9-5-6-10(16-7-9)23(20,21)15-4/h5-7,15H,8H2,1-4H3,(H,17,18). The molecule has 1 amide bonds. The van der Waals surface area contributed by atoms with E-state index in [1.165, 1.54) is 19.2 Å². The molecule has 8 nitrogen and oxygen atoms in total. The minimum absolute atomic E-state index is 0.152. The molecule has 0 aliphatic carbocycles. The van der Waals surface area contributed by atoms with Gasteiger partial charge in [0.1, 0.15) is 11.1 Å². The third-order valence-electron chi connectivity index (χ3n) is 3.53. The third-order valence-corrected chi connectivity index (χ3v) is 4.86. The number of aromatic nitrogens is 1. The maximum Gasteiger partial charge on any atom is 0.332 e. The van der Waals surface area contributed by atoms with E-state index in [0.29, 0.717) is 6.42 Å². The van der Waals surface area contributed by atoms with Gasteiger partial charge in [-0.1, -0.05) is 0 Å². The Balaban J connectivity index is 2.18. The second kappa shape index (κ2) is 5.57. The van der Waals surface area contributed by atoms with Gasteiger partial charge in [-0.15, -0.1) is 0 Å². The molecular weight excluding hydrogens is 322 g/mol. The molecule has 23 heavy (non-hydrogen) atoms. The minimum atomic E-state index is -3.67. The van der Waals surface area contributed by atoms with E-state index in [4.69, 9.17) is 4.74 Å². The number of hydrogen-bond acceptors (Lipinski definition) is 6. The number of ether oxygens (including phenoxy) is 1. The predicted octanol–water partition coefficient (Wildman–Crippen LogP) is 0.204. The number of hydrogen-bond donors (Lipinski definition) is 2. The van der Waals surface area contributed by atoms with Crippen molar-refractivity contribution in [1.29, 1.82) is 0 Å². The predicted molar refractivity (Wildman–Crippen MR) is 81.1 cm³/mol. The van der Waals surface area contributed by atoms with E-state index in [9.17, 15) is 18.0 Å². The topological polar surface area (TPSA) is 114 Å². The van der Waals surface area contributed by atoms with Crippen LogP contribution in [-0.4, -0.2) is 43.5 Å². The fourth-order valence-electron chi connectivity index (χ4n) is 2.52. The number of nitrogens with zero attached hydrogens (tertiary/aromatic N) is 1. The van der Waals surface area contributed by atoms with Crippen LogP contribution in [0.2, 0.25) is 0 Å². The molecule has 1 aliphatic rings. The number of cyclic esters (lactones) is 1. The van der Waals surface area contributed by atoms with Crippen LogP contribution >= 0.6 is 0 Å². The van der Waals surface area contributed by atoms with Crippen molar-refractivity contribution >= 4 is 21.9 Å². The molecule has 1 fully saturated rings. The Morgan fingerprint density at radius 1 is 1.30 bits per heavy atom. The van der Waals surface area contributed by atoms with Crippen molar-refractivity contribution in [1.82, 2.24) is 15.0 Å². The summed E-state index contributed by atoms with van der Waals surface area (Å²) in [5.74, 6) is -1.03. The molecule has 126 valence electrons. The summed E-state index contributed by atoms with van der Waals surface area (Å²) in [7, 11) is -2.40. The molecule has 2 heterocycles. The van der Waals surface area contributed by atoms with Crippen molar-refractivity contribution in [3.8, 4) is 0 Å². The largest absolute Gasteiger partial charge is 0.458 e. The van der Waals surface area contributed by atoms with Crippen LogP contribution in [-0.2, 0) is 19.6 Å². The number of pyridine rings is 1. The van der Waals surface area contributed by atoms with Crippen LogP contribution in [0.3, 0.4) is 0 Å². The zero-order valence-electron chi connectivity index (χ0n) is 13.3. The van der Waals surface area contributed by atoms with Gasteiger partial charge in [0.2, 0.25) is 0 Å². The van der Waals surface area contributed by atoms with Crippen molar-refractivity contribution in [2.45, 2.75) is 43.4 Å². The van der Waals surface area contributed by atoms with Crippen molar-refractivity contribution in [2.75, 3.05) is 7.05 Å². The molecule has 0 bridgehead atoms.